The Balaban J connectivity index is 2.83. The normalized spacial score (nSPS) is 32.3. The Kier molecular flexibility index (Phi) is 2.00. The van der Waals surface area contributed by atoms with Crippen LogP contribution in [0.3, 0.4) is 0 Å². The van der Waals surface area contributed by atoms with Crippen molar-refractivity contribution in [3.8, 4) is 0 Å². The summed E-state index contributed by atoms with van der Waals surface area (Å²) in [6, 6.07) is 0. The molecule has 1 rings (SSSR count). The van der Waals surface area contributed by atoms with Crippen molar-refractivity contribution in [2.24, 2.45) is 0 Å². The largest absolute Gasteiger partial charge is 0.345 e. The molecule has 1 heterocycles. The van der Waals surface area contributed by atoms with E-state index in [0.29, 0.717) is 11.1 Å². The van der Waals surface area contributed by atoms with E-state index in [-0.39, 0.29) is 6.79 Å². The number of carbonyl (C=O) groups is 1. The minimum absolute atomic E-state index is 0.217. The highest BCUT2D eigenvalue weighted by molar-refractivity contribution is 5.60. The lowest BCUT2D eigenvalue weighted by atomic mass is 10.2. The molecule has 0 aliphatic carbocycles. The van der Waals surface area contributed by atoms with E-state index in [1.165, 1.54) is 0 Å². The maximum Gasteiger partial charge on any atom is 0.286 e. The first-order valence-corrected chi connectivity index (χ1v) is 3.51. The number of likely N-dealkylation sites (N-methyl/N-ethyl adjacent to an activating group) is 1. The topological polar surface area (TPSA) is 35.5 Å². The van der Waals surface area contributed by atoms with Gasteiger partial charge in [-0.15, -0.1) is 0 Å². The van der Waals surface area contributed by atoms with Crippen LogP contribution in [0.4, 0.5) is 0 Å². The van der Waals surface area contributed by atoms with Crippen molar-refractivity contribution in [2.75, 3.05) is 34.5 Å². The molecule has 0 saturated carbocycles. The third-order valence-electron chi connectivity index (χ3n) is 2.02. The van der Waals surface area contributed by atoms with Gasteiger partial charge in [-0.2, -0.15) is 0 Å². The summed E-state index contributed by atoms with van der Waals surface area (Å²) in [5.41, 5.74) is -0.792. The predicted molar refractivity (Wildman–Crippen MR) is 38.7 cm³/mol. The van der Waals surface area contributed by atoms with Gasteiger partial charge in [0.15, 0.2) is 6.79 Å². The van der Waals surface area contributed by atoms with Crippen molar-refractivity contribution in [1.82, 2.24) is 0 Å². The number of hydrogen-bond donors (Lipinski definition) is 0. The molecule has 0 aromatic heterocycles. The van der Waals surface area contributed by atoms with Crippen LogP contribution >= 0.6 is 0 Å². The standard InChI is InChI=1S/C7H14NO3/c1-8(2,3)7(4-9)5-10-6-11-7/h4H,5-6H2,1-3H3/q+1. The van der Waals surface area contributed by atoms with Crippen LogP contribution in [-0.2, 0) is 14.3 Å². The third-order valence-corrected chi connectivity index (χ3v) is 2.02. The van der Waals surface area contributed by atoms with Crippen LogP contribution in [0.5, 0.6) is 0 Å². The molecule has 4 nitrogen and oxygen atoms in total. The minimum atomic E-state index is -0.792. The highest BCUT2D eigenvalue weighted by Crippen LogP contribution is 2.23. The van der Waals surface area contributed by atoms with Crippen LogP contribution in [-0.4, -0.2) is 51.0 Å². The first kappa shape index (κ1) is 8.64. The SMILES string of the molecule is C[N+](C)(C)C1(C=O)COCO1. The van der Waals surface area contributed by atoms with Crippen molar-refractivity contribution in [1.29, 1.82) is 0 Å². The fourth-order valence-corrected chi connectivity index (χ4v) is 0.987. The first-order chi connectivity index (χ1) is 5.02. The smallest absolute Gasteiger partial charge is 0.286 e. The zero-order valence-corrected chi connectivity index (χ0v) is 7.16. The van der Waals surface area contributed by atoms with Crippen molar-refractivity contribution in [2.45, 2.75) is 5.72 Å². The molecule has 0 radical (unpaired) electrons. The molecule has 1 aliphatic heterocycles. The number of quaternary nitrogens is 1. The van der Waals surface area contributed by atoms with E-state index < -0.39 is 5.72 Å². The zero-order chi connectivity index (χ0) is 8.54. The molecule has 4 heteroatoms. The van der Waals surface area contributed by atoms with E-state index in [0.717, 1.165) is 6.29 Å². The molecule has 1 unspecified atom stereocenters. The lowest BCUT2D eigenvalue weighted by Crippen LogP contribution is -2.60. The van der Waals surface area contributed by atoms with Crippen LogP contribution in [0.2, 0.25) is 0 Å². The number of hydrogen-bond acceptors (Lipinski definition) is 3. The van der Waals surface area contributed by atoms with Gasteiger partial charge >= 0.3 is 0 Å². The maximum atomic E-state index is 10.8. The number of rotatable bonds is 2. The molecular formula is C7H14NO3+. The number of nitrogens with zero attached hydrogens (tertiary/aromatic N) is 1. The summed E-state index contributed by atoms with van der Waals surface area (Å²) in [5.74, 6) is 0. The van der Waals surface area contributed by atoms with E-state index in [1.54, 1.807) is 0 Å². The Morgan fingerprint density at radius 1 is 1.45 bits per heavy atom. The molecule has 1 saturated heterocycles. The monoisotopic (exact) mass is 160 g/mol. The fraction of sp³-hybridized carbons (Fsp3) is 0.857. The molecule has 0 spiro atoms. The number of aldehydes is 1. The Bertz CT molecular complexity index is 156. The average Bonchev–Trinajstić information content (AvgIpc) is 2.33. The van der Waals surface area contributed by atoms with Gasteiger partial charge in [0.25, 0.3) is 5.72 Å². The molecule has 0 bridgehead atoms. The maximum absolute atomic E-state index is 10.8. The number of ether oxygens (including phenoxy) is 2. The van der Waals surface area contributed by atoms with Gasteiger partial charge in [0.2, 0.25) is 6.29 Å². The van der Waals surface area contributed by atoms with Crippen LogP contribution in [0.1, 0.15) is 0 Å². The summed E-state index contributed by atoms with van der Waals surface area (Å²) in [6.07, 6.45) is 0.819. The van der Waals surface area contributed by atoms with Crippen molar-refractivity contribution in [3.05, 3.63) is 0 Å². The Morgan fingerprint density at radius 2 is 2.09 bits per heavy atom. The summed E-state index contributed by atoms with van der Waals surface area (Å²) in [6.45, 7) is 0.564. The van der Waals surface area contributed by atoms with Crippen molar-refractivity contribution in [3.63, 3.8) is 0 Å². The third kappa shape index (κ3) is 1.29. The van der Waals surface area contributed by atoms with Crippen molar-refractivity contribution >= 4 is 6.29 Å². The molecule has 11 heavy (non-hydrogen) atoms. The molecule has 1 fully saturated rings. The van der Waals surface area contributed by atoms with E-state index >= 15 is 0 Å². The lowest BCUT2D eigenvalue weighted by molar-refractivity contribution is -0.933. The summed E-state index contributed by atoms with van der Waals surface area (Å²) in [4.78, 5) is 10.8. The molecular weight excluding hydrogens is 146 g/mol. The lowest BCUT2D eigenvalue weighted by Gasteiger charge is -2.36. The highest BCUT2D eigenvalue weighted by Gasteiger charge is 2.48. The summed E-state index contributed by atoms with van der Waals surface area (Å²) >= 11 is 0. The fourth-order valence-electron chi connectivity index (χ4n) is 0.987. The Morgan fingerprint density at radius 3 is 2.27 bits per heavy atom. The van der Waals surface area contributed by atoms with Crippen LogP contribution in [0.15, 0.2) is 0 Å². The molecule has 1 atom stereocenters. The van der Waals surface area contributed by atoms with Gasteiger partial charge < -0.3 is 4.74 Å². The molecule has 64 valence electrons. The van der Waals surface area contributed by atoms with Gasteiger partial charge in [0, 0.05) is 0 Å². The van der Waals surface area contributed by atoms with Gasteiger partial charge in [0.05, 0.1) is 21.1 Å². The summed E-state index contributed by atoms with van der Waals surface area (Å²) in [5, 5.41) is 0. The van der Waals surface area contributed by atoms with Gasteiger partial charge in [-0.25, -0.2) is 0 Å². The molecule has 1 aliphatic rings. The second-order valence-corrected chi connectivity index (χ2v) is 3.59. The van der Waals surface area contributed by atoms with Gasteiger partial charge in [-0.1, -0.05) is 0 Å². The molecule has 0 aromatic carbocycles. The summed E-state index contributed by atoms with van der Waals surface area (Å²) < 4.78 is 10.7. The second-order valence-electron chi connectivity index (χ2n) is 3.59. The van der Waals surface area contributed by atoms with E-state index in [2.05, 4.69) is 0 Å². The Labute approximate surface area is 66.3 Å². The second kappa shape index (κ2) is 2.55. The first-order valence-electron chi connectivity index (χ1n) is 3.51. The molecule has 0 aromatic rings. The predicted octanol–water partition coefficient (Wildman–Crippen LogP) is -0.408. The highest BCUT2D eigenvalue weighted by atomic mass is 16.7. The average molecular weight is 160 g/mol. The van der Waals surface area contributed by atoms with Crippen molar-refractivity contribution < 1.29 is 18.8 Å². The van der Waals surface area contributed by atoms with Crippen LogP contribution in [0, 0.1) is 0 Å². The van der Waals surface area contributed by atoms with E-state index in [4.69, 9.17) is 9.47 Å². The van der Waals surface area contributed by atoms with Gasteiger partial charge in [-0.05, 0) is 0 Å². The minimum Gasteiger partial charge on any atom is -0.345 e. The summed E-state index contributed by atoms with van der Waals surface area (Å²) in [7, 11) is 5.72. The van der Waals surface area contributed by atoms with Gasteiger partial charge in [0.1, 0.15) is 6.61 Å². The van der Waals surface area contributed by atoms with Gasteiger partial charge in [-0.3, -0.25) is 14.0 Å². The van der Waals surface area contributed by atoms with E-state index in [9.17, 15) is 4.79 Å². The Hall–Kier alpha value is -0.450. The van der Waals surface area contributed by atoms with Crippen LogP contribution < -0.4 is 0 Å². The quantitative estimate of drug-likeness (QED) is 0.407. The van der Waals surface area contributed by atoms with E-state index in [1.807, 2.05) is 21.1 Å². The number of carbonyl (C=O) groups excluding carboxylic acids is 1. The van der Waals surface area contributed by atoms with Crippen LogP contribution in [0.25, 0.3) is 0 Å². The molecule has 0 amide bonds. The molecule has 0 N–H and O–H groups in total. The zero-order valence-electron chi connectivity index (χ0n) is 7.16.